The van der Waals surface area contributed by atoms with Crippen molar-refractivity contribution >= 4 is 16.8 Å². The van der Waals surface area contributed by atoms with E-state index in [0.717, 1.165) is 42.4 Å². The van der Waals surface area contributed by atoms with Crippen LogP contribution in [0.25, 0.3) is 10.9 Å². The number of para-hydroxylation sites is 1. The molecule has 1 fully saturated rings. The van der Waals surface area contributed by atoms with Crippen molar-refractivity contribution in [2.24, 2.45) is 5.73 Å². The zero-order valence-electron chi connectivity index (χ0n) is 12.4. The van der Waals surface area contributed by atoms with Gasteiger partial charge in [-0.1, -0.05) is 18.2 Å². The highest BCUT2D eigenvalue weighted by atomic mass is 16.2. The van der Waals surface area contributed by atoms with Crippen molar-refractivity contribution in [1.29, 1.82) is 0 Å². The molecule has 1 atom stereocenters. The Labute approximate surface area is 125 Å². The second kappa shape index (κ2) is 5.82. The Kier molecular flexibility index (Phi) is 3.88. The number of hydrogen-bond donors (Lipinski definition) is 1. The number of hydrogen-bond acceptors (Lipinski definition) is 3. The van der Waals surface area contributed by atoms with Crippen LogP contribution in [-0.4, -0.2) is 34.9 Å². The third kappa shape index (κ3) is 2.63. The van der Waals surface area contributed by atoms with E-state index in [0.29, 0.717) is 12.1 Å². The van der Waals surface area contributed by atoms with Crippen LogP contribution in [-0.2, 0) is 0 Å². The van der Waals surface area contributed by atoms with Crippen LogP contribution in [0.2, 0.25) is 0 Å². The highest BCUT2D eigenvalue weighted by molar-refractivity contribution is 6.05. The van der Waals surface area contributed by atoms with Gasteiger partial charge in [0, 0.05) is 30.2 Å². The minimum absolute atomic E-state index is 0.0638. The van der Waals surface area contributed by atoms with Gasteiger partial charge in [0.15, 0.2) is 0 Å². The second-order valence-electron chi connectivity index (χ2n) is 5.71. The molecule has 0 saturated carbocycles. The number of carbonyl (C=O) groups is 1. The summed E-state index contributed by atoms with van der Waals surface area (Å²) in [6.07, 6.45) is 3.21. The van der Waals surface area contributed by atoms with Gasteiger partial charge < -0.3 is 10.6 Å². The Morgan fingerprint density at radius 3 is 3.00 bits per heavy atom. The zero-order chi connectivity index (χ0) is 14.8. The molecule has 0 radical (unpaired) electrons. The van der Waals surface area contributed by atoms with E-state index in [1.807, 2.05) is 42.2 Å². The lowest BCUT2D eigenvalue weighted by atomic mass is 10.00. The molecule has 1 saturated heterocycles. The number of likely N-dealkylation sites (tertiary alicyclic amines) is 1. The van der Waals surface area contributed by atoms with Crippen molar-refractivity contribution in [1.82, 2.24) is 9.88 Å². The number of nitrogens with zero attached hydrogens (tertiary/aromatic N) is 2. The molecule has 1 aromatic heterocycles. The minimum Gasteiger partial charge on any atom is -0.334 e. The molecule has 2 N–H and O–H groups in total. The fourth-order valence-corrected chi connectivity index (χ4v) is 3.08. The van der Waals surface area contributed by atoms with Crippen LogP contribution in [0.1, 0.15) is 35.3 Å². The number of amides is 1. The molecule has 4 nitrogen and oxygen atoms in total. The Balaban J connectivity index is 2.03. The summed E-state index contributed by atoms with van der Waals surface area (Å²) in [6.45, 7) is 3.27. The molecule has 0 unspecified atom stereocenters. The monoisotopic (exact) mass is 283 g/mol. The third-order valence-corrected chi connectivity index (χ3v) is 4.25. The van der Waals surface area contributed by atoms with E-state index in [1.54, 1.807) is 0 Å². The van der Waals surface area contributed by atoms with Gasteiger partial charge in [0.25, 0.3) is 5.91 Å². The number of rotatable bonds is 2. The predicted molar refractivity (Wildman–Crippen MR) is 84.2 cm³/mol. The summed E-state index contributed by atoms with van der Waals surface area (Å²) in [4.78, 5) is 19.4. The van der Waals surface area contributed by atoms with Crippen molar-refractivity contribution in [3.05, 3.63) is 41.6 Å². The molecule has 0 bridgehead atoms. The molecule has 1 aromatic carbocycles. The summed E-state index contributed by atoms with van der Waals surface area (Å²) in [5.41, 5.74) is 8.25. The van der Waals surface area contributed by atoms with Gasteiger partial charge in [-0.05, 0) is 38.3 Å². The number of nitrogens with two attached hydrogens (primary N) is 1. The van der Waals surface area contributed by atoms with Crippen LogP contribution in [0.15, 0.2) is 30.3 Å². The number of piperidine rings is 1. The first-order valence-electron chi connectivity index (χ1n) is 7.58. The molecule has 0 aliphatic carbocycles. The Morgan fingerprint density at radius 2 is 2.19 bits per heavy atom. The Hall–Kier alpha value is -1.94. The average molecular weight is 283 g/mol. The quantitative estimate of drug-likeness (QED) is 0.921. The maximum Gasteiger partial charge on any atom is 0.256 e. The number of fused-ring (bicyclic) bond motifs is 1. The molecule has 110 valence electrons. The summed E-state index contributed by atoms with van der Waals surface area (Å²) >= 11 is 0. The number of carbonyl (C=O) groups excluding carboxylic acids is 1. The smallest absolute Gasteiger partial charge is 0.256 e. The first-order chi connectivity index (χ1) is 10.2. The van der Waals surface area contributed by atoms with Gasteiger partial charge in [0.2, 0.25) is 0 Å². The van der Waals surface area contributed by atoms with E-state index >= 15 is 0 Å². The van der Waals surface area contributed by atoms with Gasteiger partial charge in [0.05, 0.1) is 11.1 Å². The van der Waals surface area contributed by atoms with Crippen LogP contribution >= 0.6 is 0 Å². The number of benzene rings is 1. The molecule has 1 aliphatic heterocycles. The number of aryl methyl sites for hydroxylation is 1. The lowest BCUT2D eigenvalue weighted by molar-refractivity contribution is 0.0625. The van der Waals surface area contributed by atoms with Crippen LogP contribution in [0.5, 0.6) is 0 Å². The van der Waals surface area contributed by atoms with Crippen molar-refractivity contribution in [3.8, 4) is 0 Å². The first kappa shape index (κ1) is 14.0. The van der Waals surface area contributed by atoms with Gasteiger partial charge in [-0.3, -0.25) is 9.78 Å². The third-order valence-electron chi connectivity index (χ3n) is 4.25. The molecule has 1 aliphatic rings. The minimum atomic E-state index is 0.0638. The molecule has 3 rings (SSSR count). The fraction of sp³-hybridized carbons (Fsp3) is 0.412. The van der Waals surface area contributed by atoms with Crippen LogP contribution in [0.3, 0.4) is 0 Å². The van der Waals surface area contributed by atoms with Gasteiger partial charge >= 0.3 is 0 Å². The molecule has 2 aromatic rings. The van der Waals surface area contributed by atoms with Gasteiger partial charge in [-0.15, -0.1) is 0 Å². The first-order valence-corrected chi connectivity index (χ1v) is 7.58. The summed E-state index contributed by atoms with van der Waals surface area (Å²) < 4.78 is 0. The van der Waals surface area contributed by atoms with Crippen LogP contribution in [0.4, 0.5) is 0 Å². The lowest BCUT2D eigenvalue weighted by Gasteiger charge is -2.35. The van der Waals surface area contributed by atoms with Gasteiger partial charge in [-0.25, -0.2) is 0 Å². The van der Waals surface area contributed by atoms with E-state index in [4.69, 9.17) is 5.73 Å². The molecule has 1 amide bonds. The van der Waals surface area contributed by atoms with E-state index in [2.05, 4.69) is 4.98 Å². The molecule has 21 heavy (non-hydrogen) atoms. The summed E-state index contributed by atoms with van der Waals surface area (Å²) in [5.74, 6) is 0.0638. The van der Waals surface area contributed by atoms with Crippen LogP contribution in [0, 0.1) is 6.92 Å². The highest BCUT2D eigenvalue weighted by Crippen LogP contribution is 2.23. The predicted octanol–water partition coefficient (Wildman–Crippen LogP) is 2.50. The van der Waals surface area contributed by atoms with E-state index in [1.165, 1.54) is 0 Å². The molecule has 2 heterocycles. The molecular formula is C17H21N3O. The zero-order valence-corrected chi connectivity index (χ0v) is 12.4. The van der Waals surface area contributed by atoms with E-state index in [9.17, 15) is 4.79 Å². The maximum absolute atomic E-state index is 12.9. The van der Waals surface area contributed by atoms with Gasteiger partial charge in [-0.2, -0.15) is 0 Å². The standard InChI is InChI=1S/C17H21N3O/c1-12-8-9-13-5-4-7-15(16(13)19-12)17(21)20-10-3-2-6-14(20)11-18/h4-5,7-9,14H,2-3,6,10-11,18H2,1H3/t14-/m0/s1. The van der Waals surface area contributed by atoms with E-state index < -0.39 is 0 Å². The molecule has 4 heteroatoms. The van der Waals surface area contributed by atoms with Crippen molar-refractivity contribution in [2.45, 2.75) is 32.2 Å². The second-order valence-corrected chi connectivity index (χ2v) is 5.71. The van der Waals surface area contributed by atoms with Gasteiger partial charge in [0.1, 0.15) is 0 Å². The van der Waals surface area contributed by atoms with E-state index in [-0.39, 0.29) is 11.9 Å². The summed E-state index contributed by atoms with van der Waals surface area (Å²) in [5, 5.41) is 1.01. The van der Waals surface area contributed by atoms with Crippen molar-refractivity contribution in [3.63, 3.8) is 0 Å². The SMILES string of the molecule is Cc1ccc2cccc(C(=O)N3CCCC[C@H]3CN)c2n1. The molecular weight excluding hydrogens is 262 g/mol. The maximum atomic E-state index is 12.9. The van der Waals surface area contributed by atoms with Crippen molar-refractivity contribution < 1.29 is 4.79 Å². The normalized spacial score (nSPS) is 19.0. The highest BCUT2D eigenvalue weighted by Gasteiger charge is 2.27. The Bertz CT molecular complexity index is 668. The average Bonchev–Trinajstić information content (AvgIpc) is 2.53. The topological polar surface area (TPSA) is 59.2 Å². The summed E-state index contributed by atoms with van der Waals surface area (Å²) in [6, 6.07) is 9.94. The Morgan fingerprint density at radius 1 is 1.33 bits per heavy atom. The number of aromatic nitrogens is 1. The largest absolute Gasteiger partial charge is 0.334 e. The fourth-order valence-electron chi connectivity index (χ4n) is 3.08. The van der Waals surface area contributed by atoms with Crippen LogP contribution < -0.4 is 5.73 Å². The number of pyridine rings is 1. The lowest BCUT2D eigenvalue weighted by Crippen LogP contribution is -2.47. The summed E-state index contributed by atoms with van der Waals surface area (Å²) in [7, 11) is 0. The molecule has 0 spiro atoms. The van der Waals surface area contributed by atoms with Crippen molar-refractivity contribution in [2.75, 3.05) is 13.1 Å².